The van der Waals surface area contributed by atoms with Gasteiger partial charge in [0.25, 0.3) is 0 Å². The van der Waals surface area contributed by atoms with Gasteiger partial charge in [-0.05, 0) is 18.2 Å². The molecule has 0 spiro atoms. The predicted molar refractivity (Wildman–Crippen MR) is 94.3 cm³/mol. The highest BCUT2D eigenvalue weighted by Crippen LogP contribution is 2.39. The van der Waals surface area contributed by atoms with Crippen LogP contribution in [0.25, 0.3) is 11.1 Å². The zero-order chi connectivity index (χ0) is 18.7. The molecule has 3 rings (SSSR count). The minimum Gasteiger partial charge on any atom is -0.444 e. The Morgan fingerprint density at radius 1 is 1.31 bits per heavy atom. The van der Waals surface area contributed by atoms with Gasteiger partial charge in [-0.25, -0.2) is 23.2 Å². The number of nitrogens with one attached hydrogen (secondary N) is 1. The van der Waals surface area contributed by atoms with Gasteiger partial charge in [-0.3, -0.25) is 0 Å². The zero-order valence-corrected chi connectivity index (χ0v) is 15.8. The third-order valence-corrected chi connectivity index (χ3v) is 7.83. The van der Waals surface area contributed by atoms with Gasteiger partial charge >= 0.3 is 6.09 Å². The summed E-state index contributed by atoms with van der Waals surface area (Å²) < 4.78 is 44.8. The van der Waals surface area contributed by atoms with Crippen molar-refractivity contribution in [3.8, 4) is 11.1 Å². The lowest BCUT2D eigenvalue weighted by atomic mass is 10.1. The van der Waals surface area contributed by atoms with E-state index in [2.05, 4.69) is 15.3 Å². The lowest BCUT2D eigenvalue weighted by Crippen LogP contribution is -2.18. The molecule has 3 heterocycles. The first-order chi connectivity index (χ1) is 12.4. The van der Waals surface area contributed by atoms with Crippen LogP contribution in [0.5, 0.6) is 0 Å². The highest BCUT2D eigenvalue weighted by Gasteiger charge is 2.29. The summed E-state index contributed by atoms with van der Waals surface area (Å²) in [7, 11) is -2.53. The Labute approximate surface area is 156 Å². The molecule has 26 heavy (non-hydrogen) atoms. The van der Waals surface area contributed by atoms with Crippen LogP contribution < -0.4 is 5.32 Å². The second-order valence-electron chi connectivity index (χ2n) is 4.88. The first-order valence-electron chi connectivity index (χ1n) is 7.16. The van der Waals surface area contributed by atoms with E-state index in [-0.39, 0.29) is 26.3 Å². The Hall–Kier alpha value is -2.37. The molecule has 0 radical (unpaired) electrons. The molecule has 0 saturated heterocycles. The van der Waals surface area contributed by atoms with E-state index in [9.17, 15) is 17.6 Å². The molecule has 7 nitrogen and oxygen atoms in total. The monoisotopic (exact) mass is 413 g/mol. The van der Waals surface area contributed by atoms with E-state index in [4.69, 9.17) is 4.74 Å². The number of nitrogens with zero attached hydrogens (tertiary/aromatic N) is 2. The molecular weight excluding hydrogens is 401 g/mol. The first-order valence-corrected chi connectivity index (χ1v) is 10.3. The number of rotatable bonds is 5. The molecular formula is C15H12FN3O4S3. The van der Waals surface area contributed by atoms with Crippen molar-refractivity contribution in [2.24, 2.45) is 0 Å². The first kappa shape index (κ1) is 18.4. The van der Waals surface area contributed by atoms with Crippen molar-refractivity contribution in [3.05, 3.63) is 46.8 Å². The smallest absolute Gasteiger partial charge is 0.407 e. The summed E-state index contributed by atoms with van der Waals surface area (Å²) in [6.07, 6.45) is 2.00. The molecule has 3 aromatic heterocycles. The van der Waals surface area contributed by atoms with E-state index in [1.807, 2.05) is 0 Å². The van der Waals surface area contributed by atoms with Gasteiger partial charge in [0, 0.05) is 40.8 Å². The maximum atomic E-state index is 14.2. The highest BCUT2D eigenvalue weighted by molar-refractivity contribution is 7.95. The Morgan fingerprint density at radius 2 is 2.12 bits per heavy atom. The summed E-state index contributed by atoms with van der Waals surface area (Å²) in [6, 6.07) is 4.43. The number of ether oxygens (including phenoxy) is 1. The maximum absolute atomic E-state index is 14.2. The number of halogens is 1. The van der Waals surface area contributed by atoms with Gasteiger partial charge in [0.1, 0.15) is 10.8 Å². The molecule has 0 atom stereocenters. The summed E-state index contributed by atoms with van der Waals surface area (Å²) >= 11 is 1.87. The van der Waals surface area contributed by atoms with Crippen LogP contribution >= 0.6 is 22.7 Å². The molecule has 1 N–H and O–H groups in total. The van der Waals surface area contributed by atoms with Crippen LogP contribution in [0.4, 0.5) is 9.18 Å². The molecule has 136 valence electrons. The number of sulfone groups is 1. The lowest BCUT2D eigenvalue weighted by molar-refractivity contribution is 0.143. The topological polar surface area (TPSA) is 98.2 Å². The van der Waals surface area contributed by atoms with Crippen LogP contribution in [0.3, 0.4) is 0 Å². The van der Waals surface area contributed by atoms with Gasteiger partial charge in [-0.15, -0.1) is 22.7 Å². The quantitative estimate of drug-likeness (QED) is 0.646. The van der Waals surface area contributed by atoms with Crippen molar-refractivity contribution in [1.82, 2.24) is 15.3 Å². The molecule has 0 bridgehead atoms. The summed E-state index contributed by atoms with van der Waals surface area (Å²) in [5.74, 6) is -0.792. The van der Waals surface area contributed by atoms with E-state index < -0.39 is 21.9 Å². The fourth-order valence-electron chi connectivity index (χ4n) is 2.10. The molecule has 0 fully saturated rings. The minimum absolute atomic E-state index is 0.0464. The summed E-state index contributed by atoms with van der Waals surface area (Å²) in [4.78, 5) is 19.1. The molecule has 0 aliphatic heterocycles. The molecule has 0 aliphatic rings. The third kappa shape index (κ3) is 3.59. The molecule has 0 aromatic carbocycles. The number of thiophene rings is 1. The van der Waals surface area contributed by atoms with Crippen LogP contribution in [0.1, 0.15) is 4.88 Å². The molecule has 0 saturated carbocycles. The maximum Gasteiger partial charge on any atom is 0.407 e. The zero-order valence-electron chi connectivity index (χ0n) is 13.3. The fourth-order valence-corrected chi connectivity index (χ4v) is 6.17. The van der Waals surface area contributed by atoms with Crippen molar-refractivity contribution in [2.45, 2.75) is 15.2 Å². The minimum atomic E-state index is -3.94. The van der Waals surface area contributed by atoms with Crippen LogP contribution in [-0.4, -0.2) is 31.5 Å². The van der Waals surface area contributed by atoms with Crippen molar-refractivity contribution in [1.29, 1.82) is 0 Å². The number of carbonyl (C=O) groups is 1. The summed E-state index contributed by atoms with van der Waals surface area (Å²) in [5, 5.41) is 3.84. The Kier molecular flexibility index (Phi) is 5.30. The molecule has 3 aromatic rings. The second kappa shape index (κ2) is 7.48. The predicted octanol–water partition coefficient (Wildman–Crippen LogP) is 3.09. The van der Waals surface area contributed by atoms with Gasteiger partial charge < -0.3 is 10.1 Å². The van der Waals surface area contributed by atoms with Gasteiger partial charge in [-0.1, -0.05) is 0 Å². The Bertz CT molecular complexity index is 1030. The van der Waals surface area contributed by atoms with E-state index in [1.54, 1.807) is 5.38 Å². The number of amides is 1. The highest BCUT2D eigenvalue weighted by atomic mass is 32.3. The van der Waals surface area contributed by atoms with Gasteiger partial charge in [0.2, 0.25) is 20.1 Å². The van der Waals surface area contributed by atoms with Crippen molar-refractivity contribution in [3.63, 3.8) is 0 Å². The van der Waals surface area contributed by atoms with Crippen LogP contribution in [0.2, 0.25) is 0 Å². The number of carbonyl (C=O) groups excluding carboxylic acids is 1. The average Bonchev–Trinajstić information content (AvgIpc) is 3.30. The SMILES string of the molecule is CNC(=O)OCc1cc(-c2cccnc2F)c(S(=O)(=O)c2nccs2)s1. The van der Waals surface area contributed by atoms with Crippen molar-refractivity contribution >= 4 is 38.6 Å². The number of pyridine rings is 1. The second-order valence-corrected chi connectivity index (χ2v) is 9.23. The number of thiazole rings is 1. The molecule has 1 amide bonds. The van der Waals surface area contributed by atoms with Crippen molar-refractivity contribution in [2.75, 3.05) is 7.05 Å². The van der Waals surface area contributed by atoms with E-state index in [1.165, 1.54) is 37.6 Å². The molecule has 11 heteroatoms. The normalized spacial score (nSPS) is 11.3. The van der Waals surface area contributed by atoms with Crippen LogP contribution in [0.15, 0.2) is 44.5 Å². The number of hydrogen-bond acceptors (Lipinski definition) is 8. The molecule has 0 unspecified atom stereocenters. The molecule has 0 aliphatic carbocycles. The largest absolute Gasteiger partial charge is 0.444 e. The van der Waals surface area contributed by atoms with E-state index in [0.29, 0.717) is 4.88 Å². The van der Waals surface area contributed by atoms with E-state index in [0.717, 1.165) is 22.7 Å². The summed E-state index contributed by atoms with van der Waals surface area (Å²) in [6.45, 7) is -0.146. The third-order valence-electron chi connectivity index (χ3n) is 3.23. The lowest BCUT2D eigenvalue weighted by Gasteiger charge is -2.04. The number of hydrogen-bond donors (Lipinski definition) is 1. The van der Waals surface area contributed by atoms with Gasteiger partial charge in [0.15, 0.2) is 0 Å². The van der Waals surface area contributed by atoms with Crippen LogP contribution in [0, 0.1) is 5.95 Å². The Balaban J connectivity index is 2.11. The Morgan fingerprint density at radius 3 is 2.77 bits per heavy atom. The van der Waals surface area contributed by atoms with Gasteiger partial charge in [0.05, 0.1) is 0 Å². The number of alkyl carbamates (subject to hydrolysis) is 1. The van der Waals surface area contributed by atoms with Crippen LogP contribution in [-0.2, 0) is 21.2 Å². The fraction of sp³-hybridized carbons (Fsp3) is 0.133. The van der Waals surface area contributed by atoms with E-state index >= 15 is 0 Å². The summed E-state index contributed by atoms with van der Waals surface area (Å²) in [5.41, 5.74) is 0.205. The van der Waals surface area contributed by atoms with Gasteiger partial charge in [-0.2, -0.15) is 4.39 Å². The standard InChI is InChI=1S/C15H12FN3O4S3/c1-17-14(20)23-8-9-7-11(10-3-2-4-18-12(10)16)13(25-9)26(21,22)15-19-5-6-24-15/h2-7H,8H2,1H3,(H,17,20). The average molecular weight is 413 g/mol. The van der Waals surface area contributed by atoms with Crippen molar-refractivity contribution < 1.29 is 22.3 Å². The number of aromatic nitrogens is 2.